The number of hydrogen-bond acceptors (Lipinski definition) is 7. The molecule has 3 amide bonds. The maximum atomic E-state index is 11.9. The molecule has 0 saturated heterocycles. The van der Waals surface area contributed by atoms with E-state index in [0.29, 0.717) is 12.8 Å². The van der Waals surface area contributed by atoms with Crippen LogP contribution in [-0.2, 0) is 14.4 Å². The molecule has 0 saturated carbocycles. The number of carboxylic acid groups (broad SMARTS) is 3. The van der Waals surface area contributed by atoms with Crippen molar-refractivity contribution < 1.29 is 39.3 Å². The highest BCUT2D eigenvalue weighted by molar-refractivity contribution is 5.92. The standard InChI is InChI=1S/C17H23N5O8/c23-13(24)5-4-12(16(28)29)22-17(30)21-11(15(26)27)3-1-2-7-19-14(25)10-6-8-18-9-20-10/h6,8-9,11-12H,1-5,7H2,(H,19,25)(H,23,24)(H,26,27)(H,28,29)(H2,21,22,30)/t11-,12-/m0/s1. The van der Waals surface area contributed by atoms with E-state index in [1.807, 2.05) is 5.32 Å². The van der Waals surface area contributed by atoms with Crippen LogP contribution in [-0.4, -0.2) is 73.8 Å². The van der Waals surface area contributed by atoms with Gasteiger partial charge in [0.1, 0.15) is 24.1 Å². The van der Waals surface area contributed by atoms with Gasteiger partial charge in [-0.2, -0.15) is 0 Å². The van der Waals surface area contributed by atoms with E-state index in [2.05, 4.69) is 20.6 Å². The highest BCUT2D eigenvalue weighted by Crippen LogP contribution is 2.03. The summed E-state index contributed by atoms with van der Waals surface area (Å²) in [6.45, 7) is 0.262. The van der Waals surface area contributed by atoms with E-state index >= 15 is 0 Å². The van der Waals surface area contributed by atoms with Crippen molar-refractivity contribution >= 4 is 29.8 Å². The second kappa shape index (κ2) is 12.6. The summed E-state index contributed by atoms with van der Waals surface area (Å²) in [6.07, 6.45) is 2.66. The van der Waals surface area contributed by atoms with Crippen LogP contribution in [0.5, 0.6) is 0 Å². The number of nitrogens with zero attached hydrogens (tertiary/aromatic N) is 2. The van der Waals surface area contributed by atoms with Crippen molar-refractivity contribution in [2.24, 2.45) is 0 Å². The van der Waals surface area contributed by atoms with Gasteiger partial charge in [0.2, 0.25) is 0 Å². The Morgan fingerprint density at radius 1 is 0.933 bits per heavy atom. The summed E-state index contributed by atoms with van der Waals surface area (Å²) in [4.78, 5) is 64.1. The molecule has 1 aromatic heterocycles. The maximum Gasteiger partial charge on any atom is 0.326 e. The van der Waals surface area contributed by atoms with Crippen molar-refractivity contribution in [3.8, 4) is 0 Å². The van der Waals surface area contributed by atoms with Gasteiger partial charge < -0.3 is 31.3 Å². The van der Waals surface area contributed by atoms with Gasteiger partial charge >= 0.3 is 23.9 Å². The molecule has 0 aliphatic carbocycles. The Labute approximate surface area is 170 Å². The second-order valence-corrected chi connectivity index (χ2v) is 6.18. The molecule has 0 aliphatic rings. The van der Waals surface area contributed by atoms with Crippen molar-refractivity contribution in [2.45, 2.75) is 44.2 Å². The van der Waals surface area contributed by atoms with E-state index in [4.69, 9.17) is 10.2 Å². The molecule has 164 valence electrons. The van der Waals surface area contributed by atoms with Gasteiger partial charge in [-0.15, -0.1) is 0 Å². The first-order valence-corrected chi connectivity index (χ1v) is 8.99. The molecular formula is C17H23N5O8. The van der Waals surface area contributed by atoms with Crippen molar-refractivity contribution in [2.75, 3.05) is 6.54 Å². The molecule has 2 atom stereocenters. The predicted octanol–water partition coefficient (Wildman–Crippen LogP) is -0.553. The number of carboxylic acids is 3. The topological polar surface area (TPSA) is 208 Å². The van der Waals surface area contributed by atoms with E-state index in [0.717, 1.165) is 0 Å². The largest absolute Gasteiger partial charge is 0.481 e. The lowest BCUT2D eigenvalue weighted by Crippen LogP contribution is -2.51. The Bertz CT molecular complexity index is 758. The Kier molecular flexibility index (Phi) is 10.2. The smallest absolute Gasteiger partial charge is 0.326 e. The minimum atomic E-state index is -1.47. The van der Waals surface area contributed by atoms with Gasteiger partial charge in [0, 0.05) is 19.2 Å². The lowest BCUT2D eigenvalue weighted by atomic mass is 10.1. The zero-order chi connectivity index (χ0) is 22.5. The molecule has 1 aromatic rings. The molecule has 0 fully saturated rings. The van der Waals surface area contributed by atoms with Crippen LogP contribution in [0.25, 0.3) is 0 Å². The normalized spacial score (nSPS) is 12.3. The Morgan fingerprint density at radius 3 is 2.10 bits per heavy atom. The molecule has 1 rings (SSSR count). The van der Waals surface area contributed by atoms with Crippen LogP contribution in [0.2, 0.25) is 0 Å². The lowest BCUT2D eigenvalue weighted by Gasteiger charge is -2.18. The van der Waals surface area contributed by atoms with Crippen LogP contribution in [0.1, 0.15) is 42.6 Å². The first-order valence-electron chi connectivity index (χ1n) is 8.99. The molecule has 1 heterocycles. The quantitative estimate of drug-likeness (QED) is 0.222. The summed E-state index contributed by atoms with van der Waals surface area (Å²) in [5.41, 5.74) is 0.197. The van der Waals surface area contributed by atoms with E-state index in [9.17, 15) is 29.1 Å². The van der Waals surface area contributed by atoms with Crippen LogP contribution >= 0.6 is 0 Å². The fraction of sp³-hybridized carbons (Fsp3) is 0.471. The molecule has 0 unspecified atom stereocenters. The third-order valence-corrected chi connectivity index (χ3v) is 3.87. The SMILES string of the molecule is O=C(O)CC[C@H](NC(=O)N[C@@H](CCCCNC(=O)c1ccncn1)C(=O)O)C(=O)O. The Balaban J connectivity index is 2.39. The van der Waals surface area contributed by atoms with Crippen molar-refractivity contribution in [3.05, 3.63) is 24.3 Å². The minimum Gasteiger partial charge on any atom is -0.481 e. The van der Waals surface area contributed by atoms with E-state index in [1.54, 1.807) is 0 Å². The van der Waals surface area contributed by atoms with Gasteiger partial charge in [0.05, 0.1) is 0 Å². The fourth-order valence-corrected chi connectivity index (χ4v) is 2.33. The number of nitrogens with one attached hydrogen (secondary N) is 3. The summed E-state index contributed by atoms with van der Waals surface area (Å²) >= 11 is 0. The highest BCUT2D eigenvalue weighted by Gasteiger charge is 2.24. The first kappa shape index (κ1) is 24.3. The van der Waals surface area contributed by atoms with Crippen molar-refractivity contribution in [3.63, 3.8) is 0 Å². The molecule has 0 spiro atoms. The van der Waals surface area contributed by atoms with E-state index in [-0.39, 0.29) is 25.1 Å². The maximum absolute atomic E-state index is 11.9. The van der Waals surface area contributed by atoms with Gasteiger partial charge in [-0.25, -0.2) is 24.4 Å². The monoisotopic (exact) mass is 425 g/mol. The van der Waals surface area contributed by atoms with Crippen LogP contribution in [0.15, 0.2) is 18.6 Å². The fourth-order valence-electron chi connectivity index (χ4n) is 2.33. The van der Waals surface area contributed by atoms with Gasteiger partial charge in [0.25, 0.3) is 5.91 Å². The van der Waals surface area contributed by atoms with Gasteiger partial charge in [-0.05, 0) is 31.7 Å². The number of urea groups is 1. The summed E-state index contributed by atoms with van der Waals surface area (Å²) in [6, 6.07) is -2.33. The zero-order valence-electron chi connectivity index (χ0n) is 15.9. The predicted molar refractivity (Wildman–Crippen MR) is 99.6 cm³/mol. The molecule has 0 aromatic carbocycles. The van der Waals surface area contributed by atoms with Gasteiger partial charge in [-0.3, -0.25) is 9.59 Å². The molecule has 0 aliphatic heterocycles. The number of amides is 3. The van der Waals surface area contributed by atoms with E-state index < -0.39 is 48.4 Å². The van der Waals surface area contributed by atoms with Gasteiger partial charge in [0.15, 0.2) is 0 Å². The molecule has 13 heteroatoms. The first-order chi connectivity index (χ1) is 14.2. The molecule has 6 N–H and O–H groups in total. The molecule has 13 nitrogen and oxygen atoms in total. The van der Waals surface area contributed by atoms with Crippen molar-refractivity contribution in [1.82, 2.24) is 25.9 Å². The van der Waals surface area contributed by atoms with Crippen LogP contribution in [0, 0.1) is 0 Å². The molecule has 30 heavy (non-hydrogen) atoms. The van der Waals surface area contributed by atoms with Crippen LogP contribution in [0.4, 0.5) is 4.79 Å². The van der Waals surface area contributed by atoms with Gasteiger partial charge in [-0.1, -0.05) is 0 Å². The summed E-state index contributed by atoms with van der Waals surface area (Å²) in [7, 11) is 0. The summed E-state index contributed by atoms with van der Waals surface area (Å²) in [5.74, 6) is -4.37. The van der Waals surface area contributed by atoms with E-state index in [1.165, 1.54) is 18.6 Å². The number of hydrogen-bond donors (Lipinski definition) is 6. The third-order valence-electron chi connectivity index (χ3n) is 3.87. The molecular weight excluding hydrogens is 402 g/mol. The molecule has 0 bridgehead atoms. The third kappa shape index (κ3) is 9.43. The number of aliphatic carboxylic acids is 3. The van der Waals surface area contributed by atoms with Crippen LogP contribution < -0.4 is 16.0 Å². The Hall–Kier alpha value is -3.77. The average molecular weight is 425 g/mol. The average Bonchev–Trinajstić information content (AvgIpc) is 2.69. The van der Waals surface area contributed by atoms with Crippen molar-refractivity contribution in [1.29, 1.82) is 0 Å². The zero-order valence-corrected chi connectivity index (χ0v) is 15.9. The number of aromatic nitrogens is 2. The number of unbranched alkanes of at least 4 members (excludes halogenated alkanes) is 1. The van der Waals surface area contributed by atoms with Crippen LogP contribution in [0.3, 0.4) is 0 Å². The lowest BCUT2D eigenvalue weighted by molar-refractivity contribution is -0.140. The summed E-state index contributed by atoms with van der Waals surface area (Å²) < 4.78 is 0. The highest BCUT2D eigenvalue weighted by atomic mass is 16.4. The second-order valence-electron chi connectivity index (χ2n) is 6.18. The summed E-state index contributed by atoms with van der Waals surface area (Å²) in [5, 5.41) is 33.6. The number of rotatable bonds is 13. The number of carbonyl (C=O) groups excluding carboxylic acids is 2. The Morgan fingerprint density at radius 2 is 1.57 bits per heavy atom. The molecule has 0 radical (unpaired) electrons. The minimum absolute atomic E-state index is 0.0407. The number of carbonyl (C=O) groups is 5.